The molecule has 1 aromatic rings. The maximum absolute atomic E-state index is 10.4. The van der Waals surface area contributed by atoms with Gasteiger partial charge in [0.2, 0.25) is 0 Å². The molecule has 1 aromatic carbocycles. The second kappa shape index (κ2) is 8.37. The van der Waals surface area contributed by atoms with Gasteiger partial charge in [0, 0.05) is 20.2 Å². The van der Waals surface area contributed by atoms with Crippen molar-refractivity contribution in [1.29, 1.82) is 0 Å². The Morgan fingerprint density at radius 3 is 2.48 bits per heavy atom. The minimum Gasteiger partial charge on any atom is -0.491 e. The van der Waals surface area contributed by atoms with Crippen LogP contribution in [0.3, 0.4) is 0 Å². The predicted octanol–water partition coefficient (Wildman–Crippen LogP) is 2.50. The van der Waals surface area contributed by atoms with Crippen molar-refractivity contribution in [2.45, 2.75) is 44.2 Å². The molecule has 4 heteroatoms. The van der Waals surface area contributed by atoms with Crippen molar-refractivity contribution in [3.05, 3.63) is 29.8 Å². The fraction of sp³-hybridized carbons (Fsp3) is 0.647. The van der Waals surface area contributed by atoms with E-state index in [2.05, 4.69) is 17.4 Å². The van der Waals surface area contributed by atoms with E-state index < -0.39 is 5.60 Å². The number of benzene rings is 1. The molecule has 0 bridgehead atoms. The Bertz CT molecular complexity index is 399. The van der Waals surface area contributed by atoms with Gasteiger partial charge in [-0.2, -0.15) is 0 Å². The topological polar surface area (TPSA) is 50.7 Å². The van der Waals surface area contributed by atoms with Gasteiger partial charge in [-0.15, -0.1) is 0 Å². The molecule has 0 radical (unpaired) electrons. The van der Waals surface area contributed by atoms with Crippen molar-refractivity contribution >= 4 is 0 Å². The Hall–Kier alpha value is -1.10. The molecule has 1 fully saturated rings. The Balaban J connectivity index is 1.70. The minimum absolute atomic E-state index is 0.499. The van der Waals surface area contributed by atoms with Crippen LogP contribution in [0, 0.1) is 0 Å². The lowest BCUT2D eigenvalue weighted by atomic mass is 9.85. The first-order valence-electron chi connectivity index (χ1n) is 7.86. The molecular weight excluding hydrogens is 266 g/mol. The summed E-state index contributed by atoms with van der Waals surface area (Å²) in [4.78, 5) is 0. The molecule has 4 nitrogen and oxygen atoms in total. The van der Waals surface area contributed by atoms with Crippen molar-refractivity contribution in [1.82, 2.24) is 5.32 Å². The smallest absolute Gasteiger partial charge is 0.119 e. The molecule has 0 amide bonds. The van der Waals surface area contributed by atoms with Crippen molar-refractivity contribution in [2.24, 2.45) is 0 Å². The van der Waals surface area contributed by atoms with Gasteiger partial charge in [0.1, 0.15) is 12.4 Å². The van der Waals surface area contributed by atoms with Crippen LogP contribution >= 0.6 is 0 Å². The quantitative estimate of drug-likeness (QED) is 0.723. The maximum atomic E-state index is 10.4. The lowest BCUT2D eigenvalue weighted by molar-refractivity contribution is 0.00467. The summed E-state index contributed by atoms with van der Waals surface area (Å²) in [6, 6.07) is 8.06. The van der Waals surface area contributed by atoms with Gasteiger partial charge in [-0.25, -0.2) is 0 Å². The summed E-state index contributed by atoms with van der Waals surface area (Å²) in [6.07, 6.45) is 5.39. The van der Waals surface area contributed by atoms with Gasteiger partial charge in [0.05, 0.1) is 12.2 Å². The van der Waals surface area contributed by atoms with Crippen LogP contribution in [-0.2, 0) is 11.3 Å². The highest BCUT2D eigenvalue weighted by Crippen LogP contribution is 2.27. The highest BCUT2D eigenvalue weighted by Gasteiger charge is 2.28. The summed E-state index contributed by atoms with van der Waals surface area (Å²) in [7, 11) is 1.67. The third-order valence-corrected chi connectivity index (χ3v) is 4.05. The van der Waals surface area contributed by atoms with Gasteiger partial charge < -0.3 is 19.9 Å². The van der Waals surface area contributed by atoms with Gasteiger partial charge in [-0.3, -0.25) is 0 Å². The van der Waals surface area contributed by atoms with E-state index in [0.717, 1.165) is 38.0 Å². The van der Waals surface area contributed by atoms with Crippen LogP contribution < -0.4 is 10.1 Å². The van der Waals surface area contributed by atoms with Gasteiger partial charge in [0.15, 0.2) is 0 Å². The van der Waals surface area contributed by atoms with E-state index in [9.17, 15) is 5.11 Å². The van der Waals surface area contributed by atoms with E-state index in [1.165, 1.54) is 12.0 Å². The molecule has 0 aliphatic heterocycles. The number of aliphatic hydroxyl groups is 1. The fourth-order valence-electron chi connectivity index (χ4n) is 2.77. The van der Waals surface area contributed by atoms with E-state index in [1.807, 2.05) is 12.1 Å². The zero-order valence-electron chi connectivity index (χ0n) is 12.9. The molecule has 2 N–H and O–H groups in total. The van der Waals surface area contributed by atoms with E-state index in [4.69, 9.17) is 9.47 Å². The number of hydrogen-bond acceptors (Lipinski definition) is 4. The van der Waals surface area contributed by atoms with Crippen LogP contribution in [0.15, 0.2) is 24.3 Å². The molecule has 0 unspecified atom stereocenters. The standard InChI is InChI=1S/C17H27NO3/c1-20-11-12-21-16-7-5-15(6-8-16)13-18-14-17(19)9-3-2-4-10-17/h5-8,18-19H,2-4,9-14H2,1H3. The molecule has 0 saturated heterocycles. The van der Waals surface area contributed by atoms with Crippen LogP contribution in [0.2, 0.25) is 0 Å². The predicted molar refractivity (Wildman–Crippen MR) is 83.6 cm³/mol. The number of methoxy groups -OCH3 is 1. The molecule has 0 aromatic heterocycles. The molecule has 2 rings (SSSR count). The van der Waals surface area contributed by atoms with Gasteiger partial charge >= 0.3 is 0 Å². The molecule has 1 saturated carbocycles. The molecule has 1 aliphatic carbocycles. The highest BCUT2D eigenvalue weighted by atomic mass is 16.5. The lowest BCUT2D eigenvalue weighted by Crippen LogP contribution is -2.41. The number of rotatable bonds is 8. The molecule has 0 spiro atoms. The highest BCUT2D eigenvalue weighted by molar-refractivity contribution is 5.27. The maximum Gasteiger partial charge on any atom is 0.119 e. The molecule has 1 aliphatic rings. The van der Waals surface area contributed by atoms with Crippen LogP contribution in [0.4, 0.5) is 0 Å². The molecule has 21 heavy (non-hydrogen) atoms. The first kappa shape index (κ1) is 16.3. The first-order valence-corrected chi connectivity index (χ1v) is 7.86. The van der Waals surface area contributed by atoms with Gasteiger partial charge in [-0.1, -0.05) is 31.4 Å². The number of ether oxygens (including phenoxy) is 2. The van der Waals surface area contributed by atoms with E-state index in [1.54, 1.807) is 7.11 Å². The summed E-state index contributed by atoms with van der Waals surface area (Å²) in [5, 5.41) is 13.8. The molecule has 118 valence electrons. The van der Waals surface area contributed by atoms with Crippen molar-refractivity contribution in [3.63, 3.8) is 0 Å². The zero-order valence-corrected chi connectivity index (χ0v) is 12.9. The minimum atomic E-state index is -0.499. The van der Waals surface area contributed by atoms with Crippen LogP contribution in [0.5, 0.6) is 5.75 Å². The monoisotopic (exact) mass is 293 g/mol. The third kappa shape index (κ3) is 5.65. The average molecular weight is 293 g/mol. The second-order valence-corrected chi connectivity index (χ2v) is 5.87. The van der Waals surface area contributed by atoms with E-state index in [-0.39, 0.29) is 0 Å². The van der Waals surface area contributed by atoms with Crippen LogP contribution in [0.25, 0.3) is 0 Å². The molecule has 0 heterocycles. The Morgan fingerprint density at radius 2 is 1.81 bits per heavy atom. The van der Waals surface area contributed by atoms with Crippen molar-refractivity contribution in [2.75, 3.05) is 26.9 Å². The SMILES string of the molecule is COCCOc1ccc(CNCC2(O)CCCCC2)cc1. The van der Waals surface area contributed by atoms with Gasteiger partial charge in [-0.05, 0) is 30.5 Å². The number of nitrogens with one attached hydrogen (secondary N) is 1. The summed E-state index contributed by atoms with van der Waals surface area (Å²) >= 11 is 0. The van der Waals surface area contributed by atoms with Crippen molar-refractivity contribution in [3.8, 4) is 5.75 Å². The Kier molecular flexibility index (Phi) is 6.49. The Labute approximate surface area is 127 Å². The van der Waals surface area contributed by atoms with Crippen LogP contribution in [-0.4, -0.2) is 37.6 Å². The largest absolute Gasteiger partial charge is 0.491 e. The normalized spacial score (nSPS) is 17.6. The molecular formula is C17H27NO3. The summed E-state index contributed by atoms with van der Waals surface area (Å²) < 4.78 is 10.5. The van der Waals surface area contributed by atoms with E-state index >= 15 is 0 Å². The fourth-order valence-corrected chi connectivity index (χ4v) is 2.77. The van der Waals surface area contributed by atoms with Crippen LogP contribution in [0.1, 0.15) is 37.7 Å². The summed E-state index contributed by atoms with van der Waals surface area (Å²) in [5.74, 6) is 0.863. The van der Waals surface area contributed by atoms with Crippen molar-refractivity contribution < 1.29 is 14.6 Å². The molecule has 0 atom stereocenters. The second-order valence-electron chi connectivity index (χ2n) is 5.87. The Morgan fingerprint density at radius 1 is 1.10 bits per heavy atom. The summed E-state index contributed by atoms with van der Waals surface area (Å²) in [5.41, 5.74) is 0.704. The third-order valence-electron chi connectivity index (χ3n) is 4.05. The lowest BCUT2D eigenvalue weighted by Gasteiger charge is -2.32. The first-order chi connectivity index (χ1) is 10.2. The summed E-state index contributed by atoms with van der Waals surface area (Å²) in [6.45, 7) is 2.63. The average Bonchev–Trinajstić information content (AvgIpc) is 2.50. The number of hydrogen-bond donors (Lipinski definition) is 2. The van der Waals surface area contributed by atoms with E-state index in [0.29, 0.717) is 19.8 Å². The zero-order chi connectivity index (χ0) is 15.0. The van der Waals surface area contributed by atoms with Gasteiger partial charge in [0.25, 0.3) is 0 Å².